The lowest BCUT2D eigenvalue weighted by Gasteiger charge is -2.14. The Hall–Kier alpha value is -2.29. The maximum absolute atomic E-state index is 12.8. The van der Waals surface area contributed by atoms with E-state index in [1.165, 1.54) is 10.9 Å². The van der Waals surface area contributed by atoms with E-state index < -0.39 is 34.8 Å². The highest BCUT2D eigenvalue weighted by Crippen LogP contribution is 2.29. The summed E-state index contributed by atoms with van der Waals surface area (Å²) in [5.74, 6) is -0.295. The van der Waals surface area contributed by atoms with Crippen LogP contribution < -0.4 is 10.9 Å². The number of carbonyl (C=O) groups is 1. The van der Waals surface area contributed by atoms with Crippen molar-refractivity contribution >= 4 is 23.3 Å². The van der Waals surface area contributed by atoms with Crippen LogP contribution in [0.2, 0.25) is 5.02 Å². The first-order valence-electron chi connectivity index (χ1n) is 6.90. The van der Waals surface area contributed by atoms with E-state index in [0.717, 1.165) is 0 Å². The van der Waals surface area contributed by atoms with E-state index in [1.807, 2.05) is 13.8 Å². The Morgan fingerprint density at radius 3 is 2.67 bits per heavy atom. The molecule has 1 N–H and O–H groups in total. The van der Waals surface area contributed by atoms with E-state index in [4.69, 9.17) is 11.6 Å². The number of carbonyl (C=O) groups excluding carboxylic acids is 1. The molecule has 0 radical (unpaired) electrons. The van der Waals surface area contributed by atoms with Crippen molar-refractivity contribution in [2.75, 3.05) is 5.32 Å². The standard InChI is InChI=1S/C14H14ClF3N4O2/c1-8(2)22-11(3-4-19-22)20-12(23)7-21-6-9(14(16,17)18)5-10(15)13(21)24/h3-6,8H,7H2,1-2H3,(H,20,23). The molecule has 2 aromatic rings. The van der Waals surface area contributed by atoms with E-state index in [0.29, 0.717) is 22.6 Å². The zero-order valence-electron chi connectivity index (χ0n) is 12.8. The molecule has 10 heteroatoms. The molecule has 130 valence electrons. The molecule has 0 aliphatic rings. The van der Waals surface area contributed by atoms with Crippen molar-refractivity contribution < 1.29 is 18.0 Å². The molecule has 24 heavy (non-hydrogen) atoms. The monoisotopic (exact) mass is 362 g/mol. The molecule has 0 atom stereocenters. The minimum Gasteiger partial charge on any atom is -0.309 e. The minimum atomic E-state index is -4.67. The largest absolute Gasteiger partial charge is 0.417 e. The fraction of sp³-hybridized carbons (Fsp3) is 0.357. The Kier molecular flexibility index (Phi) is 5.02. The Morgan fingerprint density at radius 2 is 2.08 bits per heavy atom. The van der Waals surface area contributed by atoms with Gasteiger partial charge in [-0.2, -0.15) is 18.3 Å². The second kappa shape index (κ2) is 6.68. The number of hydrogen-bond acceptors (Lipinski definition) is 3. The maximum atomic E-state index is 12.8. The molecule has 6 nitrogen and oxygen atoms in total. The number of nitrogens with one attached hydrogen (secondary N) is 1. The van der Waals surface area contributed by atoms with Crippen LogP contribution in [0.3, 0.4) is 0 Å². The molecule has 2 heterocycles. The number of alkyl halides is 3. The van der Waals surface area contributed by atoms with Crippen LogP contribution in [0.1, 0.15) is 25.5 Å². The van der Waals surface area contributed by atoms with Gasteiger partial charge in [-0.15, -0.1) is 0 Å². The SMILES string of the molecule is CC(C)n1nccc1NC(=O)Cn1cc(C(F)(F)F)cc(Cl)c1=O. The van der Waals surface area contributed by atoms with Gasteiger partial charge in [0.15, 0.2) is 0 Å². The molecular weight excluding hydrogens is 349 g/mol. The summed E-state index contributed by atoms with van der Waals surface area (Å²) in [6.45, 7) is 3.09. The van der Waals surface area contributed by atoms with Gasteiger partial charge in [-0.25, -0.2) is 4.68 Å². The second-order valence-electron chi connectivity index (χ2n) is 5.31. The number of halogens is 4. The van der Waals surface area contributed by atoms with Gasteiger partial charge in [0, 0.05) is 18.3 Å². The highest BCUT2D eigenvalue weighted by atomic mass is 35.5. The molecule has 0 saturated carbocycles. The van der Waals surface area contributed by atoms with Crippen LogP contribution in [0.4, 0.5) is 19.0 Å². The minimum absolute atomic E-state index is 0.0268. The molecule has 0 unspecified atom stereocenters. The van der Waals surface area contributed by atoms with Crippen molar-refractivity contribution in [2.24, 2.45) is 0 Å². The summed E-state index contributed by atoms with van der Waals surface area (Å²) in [6, 6.07) is 2.05. The quantitative estimate of drug-likeness (QED) is 0.909. The van der Waals surface area contributed by atoms with Gasteiger partial charge in [-0.1, -0.05) is 11.6 Å². The molecule has 0 spiro atoms. The first kappa shape index (κ1) is 18.1. The Morgan fingerprint density at radius 1 is 1.42 bits per heavy atom. The molecule has 2 aromatic heterocycles. The predicted octanol–water partition coefficient (Wildman–Crippen LogP) is 2.94. The number of aromatic nitrogens is 3. The van der Waals surface area contributed by atoms with Crippen LogP contribution in [-0.4, -0.2) is 20.3 Å². The third-order valence-corrected chi connectivity index (χ3v) is 3.38. The van der Waals surface area contributed by atoms with E-state index in [9.17, 15) is 22.8 Å². The first-order chi connectivity index (χ1) is 11.1. The van der Waals surface area contributed by atoms with E-state index in [-0.39, 0.29) is 6.04 Å². The van der Waals surface area contributed by atoms with Gasteiger partial charge in [0.25, 0.3) is 5.56 Å². The zero-order chi connectivity index (χ0) is 18.1. The summed E-state index contributed by atoms with van der Waals surface area (Å²) < 4.78 is 40.5. The number of hydrogen-bond donors (Lipinski definition) is 1. The van der Waals surface area contributed by atoms with Gasteiger partial charge >= 0.3 is 6.18 Å². The summed E-state index contributed by atoms with van der Waals surface area (Å²) in [5.41, 5.74) is -1.98. The van der Waals surface area contributed by atoms with Crippen LogP contribution in [0.5, 0.6) is 0 Å². The van der Waals surface area contributed by atoms with Crippen LogP contribution in [0, 0.1) is 0 Å². The number of pyridine rings is 1. The lowest BCUT2D eigenvalue weighted by molar-refractivity contribution is -0.138. The average Bonchev–Trinajstić information content (AvgIpc) is 2.90. The summed E-state index contributed by atoms with van der Waals surface area (Å²) in [7, 11) is 0. The molecule has 1 amide bonds. The van der Waals surface area contributed by atoms with E-state index in [2.05, 4.69) is 10.4 Å². The van der Waals surface area contributed by atoms with Crippen molar-refractivity contribution in [2.45, 2.75) is 32.6 Å². The molecule has 2 rings (SSSR count). The molecule has 0 saturated heterocycles. The summed E-state index contributed by atoms with van der Waals surface area (Å²) >= 11 is 5.54. The number of rotatable bonds is 4. The lowest BCUT2D eigenvalue weighted by atomic mass is 10.2. The first-order valence-corrected chi connectivity index (χ1v) is 7.28. The maximum Gasteiger partial charge on any atom is 0.417 e. The summed E-state index contributed by atoms with van der Waals surface area (Å²) in [4.78, 5) is 23.9. The molecule has 0 aliphatic heterocycles. The van der Waals surface area contributed by atoms with Gasteiger partial charge in [-0.05, 0) is 19.9 Å². The molecule has 0 aromatic carbocycles. The van der Waals surface area contributed by atoms with Gasteiger partial charge in [0.2, 0.25) is 5.91 Å². The normalized spacial score (nSPS) is 11.8. The highest BCUT2D eigenvalue weighted by molar-refractivity contribution is 6.30. The molecule has 0 bridgehead atoms. The van der Waals surface area contributed by atoms with Gasteiger partial charge in [0.1, 0.15) is 17.4 Å². The van der Waals surface area contributed by atoms with Crippen LogP contribution in [0.15, 0.2) is 29.3 Å². The Bertz CT molecular complexity index is 811. The number of amides is 1. The van der Waals surface area contributed by atoms with Gasteiger partial charge in [0.05, 0.1) is 11.8 Å². The van der Waals surface area contributed by atoms with Crippen molar-refractivity contribution in [1.29, 1.82) is 0 Å². The van der Waals surface area contributed by atoms with Gasteiger partial charge < -0.3 is 9.88 Å². The van der Waals surface area contributed by atoms with Crippen molar-refractivity contribution in [3.05, 3.63) is 45.5 Å². The molecule has 0 fully saturated rings. The fourth-order valence-electron chi connectivity index (χ4n) is 2.03. The van der Waals surface area contributed by atoms with Crippen molar-refractivity contribution in [1.82, 2.24) is 14.3 Å². The highest BCUT2D eigenvalue weighted by Gasteiger charge is 2.32. The summed E-state index contributed by atoms with van der Waals surface area (Å²) in [5, 5.41) is 5.91. The number of anilines is 1. The van der Waals surface area contributed by atoms with E-state index in [1.54, 1.807) is 6.07 Å². The van der Waals surface area contributed by atoms with Crippen LogP contribution >= 0.6 is 11.6 Å². The predicted molar refractivity (Wildman–Crippen MR) is 82.0 cm³/mol. The second-order valence-corrected chi connectivity index (χ2v) is 5.72. The fourth-order valence-corrected chi connectivity index (χ4v) is 2.26. The molecule has 0 aliphatic carbocycles. The van der Waals surface area contributed by atoms with Gasteiger partial charge in [-0.3, -0.25) is 9.59 Å². The lowest BCUT2D eigenvalue weighted by Crippen LogP contribution is -2.29. The zero-order valence-corrected chi connectivity index (χ0v) is 13.5. The topological polar surface area (TPSA) is 68.9 Å². The number of nitrogens with zero attached hydrogens (tertiary/aromatic N) is 3. The van der Waals surface area contributed by atoms with Crippen molar-refractivity contribution in [3.8, 4) is 0 Å². The third kappa shape index (κ3) is 3.97. The third-order valence-electron chi connectivity index (χ3n) is 3.11. The molecular formula is C14H14ClF3N4O2. The van der Waals surface area contributed by atoms with Crippen LogP contribution in [-0.2, 0) is 17.5 Å². The Labute approximate surface area is 139 Å². The smallest absolute Gasteiger partial charge is 0.309 e. The average molecular weight is 363 g/mol. The summed E-state index contributed by atoms with van der Waals surface area (Å²) in [6.07, 6.45) is -2.64. The Balaban J connectivity index is 2.24. The van der Waals surface area contributed by atoms with E-state index >= 15 is 0 Å². The van der Waals surface area contributed by atoms with Crippen molar-refractivity contribution in [3.63, 3.8) is 0 Å². The van der Waals surface area contributed by atoms with Crippen LogP contribution in [0.25, 0.3) is 0 Å².